The van der Waals surface area contributed by atoms with Crippen LogP contribution in [0.25, 0.3) is 10.9 Å². The van der Waals surface area contributed by atoms with Gasteiger partial charge in [0.2, 0.25) is 10.0 Å². The van der Waals surface area contributed by atoms with Gasteiger partial charge in [-0.3, -0.25) is 9.78 Å². The molecule has 1 heterocycles. The van der Waals surface area contributed by atoms with E-state index in [0.717, 1.165) is 16.5 Å². The molecular weight excluding hydrogens is 398 g/mol. The summed E-state index contributed by atoms with van der Waals surface area (Å²) < 4.78 is 27.2. The zero-order valence-corrected chi connectivity index (χ0v) is 16.8. The fraction of sp³-hybridized carbons (Fsp3) is 0.0435. The zero-order chi connectivity index (χ0) is 21.0. The van der Waals surface area contributed by atoms with Crippen molar-refractivity contribution in [3.63, 3.8) is 0 Å². The predicted octanol–water partition coefficient (Wildman–Crippen LogP) is 3.97. The van der Waals surface area contributed by atoms with E-state index in [0.29, 0.717) is 11.3 Å². The van der Waals surface area contributed by atoms with Crippen LogP contribution in [0.1, 0.15) is 15.9 Å². The maximum absolute atomic E-state index is 12.5. The first-order chi connectivity index (χ1) is 14.5. The number of carbonyl (C=O) groups is 1. The lowest BCUT2D eigenvalue weighted by molar-refractivity contribution is 0.102. The number of aromatic nitrogens is 1. The molecule has 1 aromatic heterocycles. The van der Waals surface area contributed by atoms with Crippen molar-refractivity contribution in [2.75, 3.05) is 5.32 Å². The fourth-order valence-corrected chi connectivity index (χ4v) is 4.02. The third kappa shape index (κ3) is 4.53. The number of fused-ring (bicyclic) bond motifs is 1. The van der Waals surface area contributed by atoms with Crippen molar-refractivity contribution in [3.8, 4) is 0 Å². The molecule has 0 saturated heterocycles. The van der Waals surface area contributed by atoms with Crippen LogP contribution in [-0.4, -0.2) is 19.3 Å². The van der Waals surface area contributed by atoms with E-state index >= 15 is 0 Å². The molecule has 0 unspecified atom stereocenters. The molecule has 2 N–H and O–H groups in total. The number of pyridine rings is 1. The molecular formula is C23H19N3O3S. The number of sulfonamides is 1. The molecule has 0 radical (unpaired) electrons. The Labute approximate surface area is 174 Å². The second-order valence-corrected chi connectivity index (χ2v) is 8.47. The lowest BCUT2D eigenvalue weighted by Crippen LogP contribution is -2.23. The number of benzene rings is 3. The number of hydrogen-bond donors (Lipinski definition) is 2. The molecule has 1 amide bonds. The van der Waals surface area contributed by atoms with Crippen molar-refractivity contribution in [2.24, 2.45) is 0 Å². The van der Waals surface area contributed by atoms with Gasteiger partial charge in [-0.25, -0.2) is 13.1 Å². The van der Waals surface area contributed by atoms with Gasteiger partial charge in [0, 0.05) is 17.5 Å². The highest BCUT2D eigenvalue weighted by Gasteiger charge is 2.13. The van der Waals surface area contributed by atoms with Crippen molar-refractivity contribution in [2.45, 2.75) is 11.4 Å². The molecule has 0 atom stereocenters. The summed E-state index contributed by atoms with van der Waals surface area (Å²) in [6, 6.07) is 24.5. The van der Waals surface area contributed by atoms with Crippen molar-refractivity contribution in [1.82, 2.24) is 9.71 Å². The molecule has 7 heteroatoms. The lowest BCUT2D eigenvalue weighted by atomic mass is 10.1. The molecule has 3 aromatic carbocycles. The number of carbonyl (C=O) groups excluding carboxylic acids is 1. The summed E-state index contributed by atoms with van der Waals surface area (Å²) in [6.07, 6.45) is 1.62. The first kappa shape index (κ1) is 19.8. The van der Waals surface area contributed by atoms with Crippen LogP contribution in [0.15, 0.2) is 96.0 Å². The average molecular weight is 417 g/mol. The second-order valence-electron chi connectivity index (χ2n) is 6.71. The molecule has 0 aliphatic rings. The number of hydrogen-bond acceptors (Lipinski definition) is 4. The van der Waals surface area contributed by atoms with Crippen LogP contribution in [-0.2, 0) is 16.6 Å². The summed E-state index contributed by atoms with van der Waals surface area (Å²) >= 11 is 0. The Bertz CT molecular complexity index is 1290. The monoisotopic (exact) mass is 417 g/mol. The number of nitrogens with one attached hydrogen (secondary N) is 2. The normalized spacial score (nSPS) is 11.3. The Hall–Kier alpha value is -3.55. The van der Waals surface area contributed by atoms with Gasteiger partial charge in [0.1, 0.15) is 0 Å². The van der Waals surface area contributed by atoms with E-state index in [1.165, 1.54) is 12.1 Å². The Morgan fingerprint density at radius 1 is 0.867 bits per heavy atom. The minimum Gasteiger partial charge on any atom is -0.321 e. The molecule has 0 aliphatic carbocycles. The van der Waals surface area contributed by atoms with Crippen LogP contribution in [0.2, 0.25) is 0 Å². The quantitative estimate of drug-likeness (QED) is 0.497. The highest BCUT2D eigenvalue weighted by Crippen LogP contribution is 2.17. The third-order valence-electron chi connectivity index (χ3n) is 4.58. The van der Waals surface area contributed by atoms with Crippen molar-refractivity contribution < 1.29 is 13.2 Å². The van der Waals surface area contributed by atoms with E-state index in [-0.39, 0.29) is 17.3 Å². The van der Waals surface area contributed by atoms with Gasteiger partial charge in [0.25, 0.3) is 5.91 Å². The molecule has 6 nitrogen and oxygen atoms in total. The van der Waals surface area contributed by atoms with E-state index in [1.54, 1.807) is 48.7 Å². The predicted molar refractivity (Wildman–Crippen MR) is 117 cm³/mol. The van der Waals surface area contributed by atoms with Crippen LogP contribution < -0.4 is 10.0 Å². The molecule has 0 fully saturated rings. The maximum Gasteiger partial charge on any atom is 0.255 e. The minimum absolute atomic E-state index is 0.133. The Kier molecular flexibility index (Phi) is 5.56. The summed E-state index contributed by atoms with van der Waals surface area (Å²) in [5.74, 6) is -0.261. The summed E-state index contributed by atoms with van der Waals surface area (Å²) in [5.41, 5.74) is 2.69. The van der Waals surface area contributed by atoms with E-state index in [9.17, 15) is 13.2 Å². The fourth-order valence-electron chi connectivity index (χ4n) is 2.98. The number of rotatable bonds is 6. The minimum atomic E-state index is -3.58. The first-order valence-electron chi connectivity index (χ1n) is 9.31. The first-order valence-corrected chi connectivity index (χ1v) is 10.8. The van der Waals surface area contributed by atoms with Gasteiger partial charge in [-0.15, -0.1) is 0 Å². The van der Waals surface area contributed by atoms with E-state index in [4.69, 9.17) is 0 Å². The number of amides is 1. The van der Waals surface area contributed by atoms with Crippen LogP contribution in [0.4, 0.5) is 5.69 Å². The van der Waals surface area contributed by atoms with Crippen LogP contribution in [0, 0.1) is 0 Å². The highest BCUT2D eigenvalue weighted by atomic mass is 32.2. The Balaban J connectivity index is 1.40. The van der Waals surface area contributed by atoms with Gasteiger partial charge < -0.3 is 5.32 Å². The summed E-state index contributed by atoms with van der Waals surface area (Å²) in [6.45, 7) is 0.133. The average Bonchev–Trinajstić information content (AvgIpc) is 2.78. The van der Waals surface area contributed by atoms with Gasteiger partial charge in [0.15, 0.2) is 0 Å². The van der Waals surface area contributed by atoms with Crippen molar-refractivity contribution in [3.05, 3.63) is 102 Å². The van der Waals surface area contributed by atoms with Crippen molar-refractivity contribution >= 4 is 32.5 Å². The second kappa shape index (κ2) is 8.44. The molecule has 150 valence electrons. The highest BCUT2D eigenvalue weighted by molar-refractivity contribution is 7.89. The Morgan fingerprint density at radius 2 is 1.57 bits per heavy atom. The van der Waals surface area contributed by atoms with Crippen LogP contribution in [0.5, 0.6) is 0 Å². The molecule has 30 heavy (non-hydrogen) atoms. The molecule has 0 saturated carbocycles. The van der Waals surface area contributed by atoms with Crippen LogP contribution >= 0.6 is 0 Å². The van der Waals surface area contributed by atoms with Gasteiger partial charge in [0.05, 0.1) is 22.3 Å². The largest absolute Gasteiger partial charge is 0.321 e. The van der Waals surface area contributed by atoms with E-state index < -0.39 is 10.0 Å². The Morgan fingerprint density at radius 3 is 2.33 bits per heavy atom. The number of para-hydroxylation sites is 1. The standard InChI is InChI=1S/C23H19N3O3S/c27-23(26-20-14-19-6-4-5-9-22(19)24-16-20)18-12-10-17(11-13-18)15-25-30(28,29)21-7-2-1-3-8-21/h1-14,16,25H,15H2,(H,26,27). The smallest absolute Gasteiger partial charge is 0.255 e. The van der Waals surface area contributed by atoms with Crippen molar-refractivity contribution in [1.29, 1.82) is 0 Å². The summed E-state index contributed by atoms with van der Waals surface area (Å²) in [5, 5.41) is 3.78. The molecule has 0 bridgehead atoms. The molecule has 0 aliphatic heterocycles. The maximum atomic E-state index is 12.5. The van der Waals surface area contributed by atoms with E-state index in [1.807, 2.05) is 30.3 Å². The number of nitrogens with zero attached hydrogens (tertiary/aromatic N) is 1. The number of anilines is 1. The van der Waals surface area contributed by atoms with Crippen LogP contribution in [0.3, 0.4) is 0 Å². The van der Waals surface area contributed by atoms with Gasteiger partial charge in [-0.2, -0.15) is 0 Å². The van der Waals surface area contributed by atoms with Gasteiger partial charge in [-0.05, 0) is 42.0 Å². The summed E-state index contributed by atoms with van der Waals surface area (Å²) in [7, 11) is -3.58. The van der Waals surface area contributed by atoms with E-state index in [2.05, 4.69) is 15.0 Å². The lowest BCUT2D eigenvalue weighted by Gasteiger charge is -2.09. The topological polar surface area (TPSA) is 88.2 Å². The summed E-state index contributed by atoms with van der Waals surface area (Å²) in [4.78, 5) is 17.1. The molecule has 0 spiro atoms. The van der Waals surface area contributed by atoms with Gasteiger partial charge >= 0.3 is 0 Å². The zero-order valence-electron chi connectivity index (χ0n) is 15.9. The molecule has 4 rings (SSSR count). The SMILES string of the molecule is O=C(Nc1cnc2ccccc2c1)c1ccc(CNS(=O)(=O)c2ccccc2)cc1. The molecule has 4 aromatic rings. The van der Waals surface area contributed by atoms with Gasteiger partial charge in [-0.1, -0.05) is 48.5 Å². The third-order valence-corrected chi connectivity index (χ3v) is 6.00.